The lowest BCUT2D eigenvalue weighted by molar-refractivity contribution is -0.114. The monoisotopic (exact) mass is 436 g/mol. The van der Waals surface area contributed by atoms with Crippen LogP contribution < -0.4 is 15.5 Å². The van der Waals surface area contributed by atoms with Crippen LogP contribution in [0.5, 0.6) is 0 Å². The number of carbonyl (C=O) groups is 2. The molecule has 2 heterocycles. The Bertz CT molecular complexity index is 925. The van der Waals surface area contributed by atoms with Gasteiger partial charge in [-0.05, 0) is 68.5 Å². The van der Waals surface area contributed by atoms with E-state index in [2.05, 4.69) is 27.7 Å². The summed E-state index contributed by atoms with van der Waals surface area (Å²) in [6, 6.07) is 15.0. The van der Waals surface area contributed by atoms with Crippen molar-refractivity contribution in [3.8, 4) is 0 Å². The van der Waals surface area contributed by atoms with Crippen molar-refractivity contribution < 1.29 is 14.7 Å². The zero-order chi connectivity index (χ0) is 22.3. The first kappa shape index (κ1) is 22.1. The minimum Gasteiger partial charge on any atom is -0.394 e. The number of piperidine rings is 1. The third kappa shape index (κ3) is 5.22. The van der Waals surface area contributed by atoms with E-state index in [0.717, 1.165) is 31.6 Å². The molecule has 0 aromatic heterocycles. The summed E-state index contributed by atoms with van der Waals surface area (Å²) in [7, 11) is 0. The van der Waals surface area contributed by atoms with Gasteiger partial charge in [0, 0.05) is 36.7 Å². The maximum atomic E-state index is 13.0. The maximum Gasteiger partial charge on any atom is 0.256 e. The Morgan fingerprint density at radius 1 is 0.938 bits per heavy atom. The molecule has 170 valence electrons. The molecule has 32 heavy (non-hydrogen) atoms. The molecule has 2 aromatic carbocycles. The average molecular weight is 437 g/mol. The van der Waals surface area contributed by atoms with Gasteiger partial charge in [-0.1, -0.05) is 12.1 Å². The Hall–Kier alpha value is -3.06. The quantitative estimate of drug-likeness (QED) is 0.620. The van der Waals surface area contributed by atoms with E-state index < -0.39 is 0 Å². The van der Waals surface area contributed by atoms with Gasteiger partial charge in [-0.25, -0.2) is 0 Å². The number of anilines is 3. The van der Waals surface area contributed by atoms with Crippen molar-refractivity contribution in [3.63, 3.8) is 0 Å². The molecule has 3 N–H and O–H groups in total. The number of aliphatic hydroxyl groups is 1. The summed E-state index contributed by atoms with van der Waals surface area (Å²) in [5.41, 5.74) is 3.09. The summed E-state index contributed by atoms with van der Waals surface area (Å²) in [6.45, 7) is 2.85. The normalized spacial score (nSPS) is 18.5. The van der Waals surface area contributed by atoms with Crippen LogP contribution in [0.15, 0.2) is 48.5 Å². The molecule has 2 fully saturated rings. The molecule has 1 atom stereocenters. The number of nitrogens with zero attached hydrogens (tertiary/aromatic N) is 2. The van der Waals surface area contributed by atoms with Crippen LogP contribution in [-0.2, 0) is 4.79 Å². The Kier molecular flexibility index (Phi) is 7.27. The van der Waals surface area contributed by atoms with Crippen molar-refractivity contribution in [3.05, 3.63) is 54.1 Å². The Morgan fingerprint density at radius 3 is 2.44 bits per heavy atom. The fourth-order valence-electron chi connectivity index (χ4n) is 4.56. The number of hydrogen-bond acceptors (Lipinski definition) is 5. The molecule has 2 saturated heterocycles. The van der Waals surface area contributed by atoms with Crippen molar-refractivity contribution in [2.45, 2.75) is 38.1 Å². The maximum absolute atomic E-state index is 13.0. The number of aliphatic hydroxyl groups excluding tert-OH is 1. The van der Waals surface area contributed by atoms with Gasteiger partial charge in [0.25, 0.3) is 5.91 Å². The van der Waals surface area contributed by atoms with Gasteiger partial charge >= 0.3 is 0 Å². The molecule has 1 unspecified atom stereocenters. The molecule has 7 nitrogen and oxygen atoms in total. The highest BCUT2D eigenvalue weighted by Crippen LogP contribution is 2.24. The second-order valence-corrected chi connectivity index (χ2v) is 8.52. The molecule has 2 amide bonds. The van der Waals surface area contributed by atoms with Gasteiger partial charge in [0.15, 0.2) is 0 Å². The zero-order valence-corrected chi connectivity index (χ0v) is 18.4. The van der Waals surface area contributed by atoms with Crippen LogP contribution in [0.1, 0.15) is 42.5 Å². The number of amides is 2. The second-order valence-electron chi connectivity index (χ2n) is 8.52. The first-order valence-corrected chi connectivity index (χ1v) is 11.6. The van der Waals surface area contributed by atoms with E-state index in [0.29, 0.717) is 17.8 Å². The first-order chi connectivity index (χ1) is 15.7. The number of benzene rings is 2. The highest BCUT2D eigenvalue weighted by Gasteiger charge is 2.29. The van der Waals surface area contributed by atoms with Crippen molar-refractivity contribution in [2.24, 2.45) is 0 Å². The van der Waals surface area contributed by atoms with Crippen molar-refractivity contribution in [1.29, 1.82) is 0 Å². The van der Waals surface area contributed by atoms with Crippen LogP contribution in [0.3, 0.4) is 0 Å². The van der Waals surface area contributed by atoms with E-state index in [1.165, 1.54) is 24.9 Å². The van der Waals surface area contributed by atoms with Gasteiger partial charge in [-0.3, -0.25) is 9.59 Å². The molecule has 0 bridgehead atoms. The van der Waals surface area contributed by atoms with E-state index in [1.807, 2.05) is 24.3 Å². The van der Waals surface area contributed by atoms with Crippen LogP contribution >= 0.6 is 0 Å². The molecule has 4 rings (SSSR count). The predicted octanol–water partition coefficient (Wildman–Crippen LogP) is 3.32. The smallest absolute Gasteiger partial charge is 0.256 e. The summed E-state index contributed by atoms with van der Waals surface area (Å²) < 4.78 is 0. The fraction of sp³-hybridized carbons (Fsp3) is 0.440. The minimum atomic E-state index is -0.174. The molecule has 0 spiro atoms. The topological polar surface area (TPSA) is 84.9 Å². The van der Waals surface area contributed by atoms with Crippen LogP contribution in [0, 0.1) is 0 Å². The lowest BCUT2D eigenvalue weighted by atomic mass is 10.1. The first-order valence-electron chi connectivity index (χ1n) is 11.6. The van der Waals surface area contributed by atoms with Crippen molar-refractivity contribution >= 4 is 28.9 Å². The molecule has 7 heteroatoms. The standard InChI is InChI=1S/C25H32N4O3/c30-18-21-7-6-16-29(21)25(32)22-8-2-3-9-23(22)26-17-24(31)27-19-10-12-20(13-11-19)28-14-4-1-5-15-28/h2-3,8-13,21,26,30H,1,4-7,14-18H2,(H,27,31). The van der Waals surface area contributed by atoms with Crippen molar-refractivity contribution in [1.82, 2.24) is 4.90 Å². The van der Waals surface area contributed by atoms with Crippen LogP contribution in [0.2, 0.25) is 0 Å². The molecule has 0 radical (unpaired) electrons. The number of para-hydroxylation sites is 1. The number of carbonyl (C=O) groups excluding carboxylic acids is 2. The van der Waals surface area contributed by atoms with Gasteiger partial charge in [0.05, 0.1) is 24.8 Å². The largest absolute Gasteiger partial charge is 0.394 e. The van der Waals surface area contributed by atoms with Gasteiger partial charge < -0.3 is 25.5 Å². The Morgan fingerprint density at radius 2 is 1.69 bits per heavy atom. The third-order valence-corrected chi connectivity index (χ3v) is 6.32. The van der Waals surface area contributed by atoms with Gasteiger partial charge in [-0.2, -0.15) is 0 Å². The van der Waals surface area contributed by atoms with Crippen LogP contribution in [0.25, 0.3) is 0 Å². The van der Waals surface area contributed by atoms with E-state index in [9.17, 15) is 14.7 Å². The number of likely N-dealkylation sites (tertiary alicyclic amines) is 1. The molecule has 0 saturated carbocycles. The molecule has 2 aliphatic heterocycles. The Balaban J connectivity index is 1.34. The van der Waals surface area contributed by atoms with Crippen LogP contribution in [-0.4, -0.2) is 60.6 Å². The molecule has 0 aliphatic carbocycles. The molecular formula is C25H32N4O3. The summed E-state index contributed by atoms with van der Waals surface area (Å²) >= 11 is 0. The SMILES string of the molecule is O=C(CNc1ccccc1C(=O)N1CCCC1CO)Nc1ccc(N2CCCCC2)cc1. The van der Waals surface area contributed by atoms with Gasteiger partial charge in [0.1, 0.15) is 0 Å². The average Bonchev–Trinajstić information content (AvgIpc) is 3.32. The van der Waals surface area contributed by atoms with Crippen LogP contribution in [0.4, 0.5) is 17.1 Å². The van der Waals surface area contributed by atoms with E-state index in [4.69, 9.17) is 0 Å². The van der Waals surface area contributed by atoms with E-state index in [-0.39, 0.29) is 31.0 Å². The highest BCUT2D eigenvalue weighted by atomic mass is 16.3. The number of rotatable bonds is 7. The number of nitrogens with one attached hydrogen (secondary N) is 2. The number of hydrogen-bond donors (Lipinski definition) is 3. The predicted molar refractivity (Wildman–Crippen MR) is 127 cm³/mol. The highest BCUT2D eigenvalue weighted by molar-refractivity contribution is 6.01. The third-order valence-electron chi connectivity index (χ3n) is 6.32. The molecule has 2 aliphatic rings. The molecular weight excluding hydrogens is 404 g/mol. The van der Waals surface area contributed by atoms with Gasteiger partial charge in [0.2, 0.25) is 5.91 Å². The fourth-order valence-corrected chi connectivity index (χ4v) is 4.56. The zero-order valence-electron chi connectivity index (χ0n) is 18.4. The summed E-state index contributed by atoms with van der Waals surface area (Å²) in [5.74, 6) is -0.286. The lowest BCUT2D eigenvalue weighted by Crippen LogP contribution is -2.38. The summed E-state index contributed by atoms with van der Waals surface area (Å²) in [5, 5.41) is 15.6. The van der Waals surface area contributed by atoms with Crippen molar-refractivity contribution in [2.75, 3.05) is 48.3 Å². The Labute approximate surface area is 189 Å². The molecule has 2 aromatic rings. The van der Waals surface area contributed by atoms with Gasteiger partial charge in [-0.15, -0.1) is 0 Å². The van der Waals surface area contributed by atoms with E-state index in [1.54, 1.807) is 17.0 Å². The lowest BCUT2D eigenvalue weighted by Gasteiger charge is -2.28. The second kappa shape index (κ2) is 10.5. The van der Waals surface area contributed by atoms with E-state index >= 15 is 0 Å². The summed E-state index contributed by atoms with van der Waals surface area (Å²) in [4.78, 5) is 29.6. The minimum absolute atomic E-state index is 0.0275. The summed E-state index contributed by atoms with van der Waals surface area (Å²) in [6.07, 6.45) is 5.47.